The number of hydrogen-bond donors (Lipinski definition) is 0. The fourth-order valence-corrected chi connectivity index (χ4v) is 2.29. The highest BCUT2D eigenvalue weighted by atomic mass is 19.3. The van der Waals surface area contributed by atoms with E-state index >= 15 is 0 Å². The van der Waals surface area contributed by atoms with Crippen LogP contribution in [0.3, 0.4) is 0 Å². The molecule has 0 atom stereocenters. The van der Waals surface area contributed by atoms with Gasteiger partial charge in [0.25, 0.3) is 0 Å². The predicted molar refractivity (Wildman–Crippen MR) is 58.9 cm³/mol. The van der Waals surface area contributed by atoms with Gasteiger partial charge >= 0.3 is 0 Å². The normalized spacial score (nSPS) is 20.6. The van der Waals surface area contributed by atoms with Gasteiger partial charge in [-0.05, 0) is 17.7 Å². The van der Waals surface area contributed by atoms with E-state index in [4.69, 9.17) is 9.47 Å². The topological polar surface area (TPSA) is 35.5 Å². The molecule has 3 rings (SSSR count). The van der Waals surface area contributed by atoms with E-state index in [0.29, 0.717) is 11.5 Å². The summed E-state index contributed by atoms with van der Waals surface area (Å²) in [5.41, 5.74) is 0.777. The van der Waals surface area contributed by atoms with Crippen molar-refractivity contribution >= 4 is 5.78 Å². The Hall–Kier alpha value is -1.65. The Labute approximate surface area is 103 Å². The van der Waals surface area contributed by atoms with Gasteiger partial charge in [0.05, 0.1) is 0 Å². The molecule has 0 saturated heterocycles. The van der Waals surface area contributed by atoms with Crippen LogP contribution in [0.4, 0.5) is 8.78 Å². The lowest BCUT2D eigenvalue weighted by Crippen LogP contribution is -2.40. The first-order valence-corrected chi connectivity index (χ1v) is 5.83. The molecule has 5 heteroatoms. The molecule has 0 bridgehead atoms. The van der Waals surface area contributed by atoms with Gasteiger partial charge in [0.1, 0.15) is 5.78 Å². The van der Waals surface area contributed by atoms with Crippen LogP contribution in [0, 0.1) is 5.92 Å². The van der Waals surface area contributed by atoms with Gasteiger partial charge in [-0.25, -0.2) is 8.78 Å². The number of rotatable bonds is 3. The number of ketones is 1. The maximum Gasteiger partial charge on any atom is 0.249 e. The van der Waals surface area contributed by atoms with Gasteiger partial charge in [0, 0.05) is 25.2 Å². The molecule has 0 aromatic heterocycles. The van der Waals surface area contributed by atoms with E-state index in [0.717, 1.165) is 5.56 Å². The summed E-state index contributed by atoms with van der Waals surface area (Å²) in [7, 11) is 0. The van der Waals surface area contributed by atoms with Gasteiger partial charge in [0.2, 0.25) is 12.7 Å². The van der Waals surface area contributed by atoms with Crippen molar-refractivity contribution in [2.45, 2.75) is 25.2 Å². The maximum atomic E-state index is 12.7. The molecule has 1 saturated carbocycles. The molecule has 0 radical (unpaired) electrons. The third kappa shape index (κ3) is 2.05. The minimum atomic E-state index is -2.64. The lowest BCUT2D eigenvalue weighted by Gasteiger charge is -2.33. The van der Waals surface area contributed by atoms with E-state index in [2.05, 4.69) is 0 Å². The summed E-state index contributed by atoms with van der Waals surface area (Å²) in [6, 6.07) is 5.24. The van der Waals surface area contributed by atoms with Crippen molar-refractivity contribution in [3.8, 4) is 11.5 Å². The monoisotopic (exact) mass is 254 g/mol. The SMILES string of the molecule is O=C(Cc1ccc2c(c1)OCO2)C1CC(F)(F)C1. The fraction of sp³-hybridized carbons (Fsp3) is 0.462. The second-order valence-electron chi connectivity index (χ2n) is 4.79. The van der Waals surface area contributed by atoms with Crippen molar-refractivity contribution in [1.29, 1.82) is 0 Å². The number of Topliss-reactive ketones (excluding diaryl/α,β-unsaturated/α-hetero) is 1. The van der Waals surface area contributed by atoms with Crippen molar-refractivity contribution in [1.82, 2.24) is 0 Å². The number of halogens is 2. The summed E-state index contributed by atoms with van der Waals surface area (Å²) >= 11 is 0. The van der Waals surface area contributed by atoms with Crippen molar-refractivity contribution in [3.05, 3.63) is 23.8 Å². The molecule has 2 aliphatic rings. The largest absolute Gasteiger partial charge is 0.454 e. The maximum absolute atomic E-state index is 12.7. The zero-order valence-electron chi connectivity index (χ0n) is 9.62. The highest BCUT2D eigenvalue weighted by molar-refractivity contribution is 5.84. The van der Waals surface area contributed by atoms with Gasteiger partial charge in [0.15, 0.2) is 11.5 Å². The highest BCUT2D eigenvalue weighted by Crippen LogP contribution is 2.43. The number of carbonyl (C=O) groups is 1. The quantitative estimate of drug-likeness (QED) is 0.831. The van der Waals surface area contributed by atoms with Crippen LogP contribution in [-0.2, 0) is 11.2 Å². The Kier molecular flexibility index (Phi) is 2.50. The van der Waals surface area contributed by atoms with Crippen molar-refractivity contribution < 1.29 is 23.0 Å². The average molecular weight is 254 g/mol. The van der Waals surface area contributed by atoms with Crippen molar-refractivity contribution in [2.24, 2.45) is 5.92 Å². The summed E-state index contributed by atoms with van der Waals surface area (Å²) < 4.78 is 35.7. The molecule has 1 aromatic carbocycles. The lowest BCUT2D eigenvalue weighted by atomic mass is 9.77. The van der Waals surface area contributed by atoms with Gasteiger partial charge in [-0.1, -0.05) is 6.07 Å². The van der Waals surface area contributed by atoms with Crippen LogP contribution in [-0.4, -0.2) is 18.5 Å². The number of hydrogen-bond acceptors (Lipinski definition) is 3. The molecule has 0 amide bonds. The van der Waals surface area contributed by atoms with Crippen LogP contribution in [0.2, 0.25) is 0 Å². The first-order valence-electron chi connectivity index (χ1n) is 5.83. The molecular weight excluding hydrogens is 242 g/mol. The second-order valence-corrected chi connectivity index (χ2v) is 4.79. The van der Waals surface area contributed by atoms with E-state index in [9.17, 15) is 13.6 Å². The zero-order chi connectivity index (χ0) is 12.8. The van der Waals surface area contributed by atoms with Crippen LogP contribution >= 0.6 is 0 Å². The molecule has 1 aromatic rings. The van der Waals surface area contributed by atoms with E-state index in [1.54, 1.807) is 18.2 Å². The third-order valence-corrected chi connectivity index (χ3v) is 3.36. The Morgan fingerprint density at radius 2 is 2.00 bits per heavy atom. The summed E-state index contributed by atoms with van der Waals surface area (Å²) in [6.45, 7) is 0.182. The second kappa shape index (κ2) is 3.93. The van der Waals surface area contributed by atoms with E-state index in [1.807, 2.05) is 0 Å². The smallest absolute Gasteiger partial charge is 0.249 e. The van der Waals surface area contributed by atoms with Crippen LogP contribution in [0.25, 0.3) is 0 Å². The number of carbonyl (C=O) groups excluding carboxylic acids is 1. The van der Waals surface area contributed by atoms with Crippen LogP contribution in [0.5, 0.6) is 11.5 Å². The molecule has 1 aliphatic carbocycles. The first-order chi connectivity index (χ1) is 8.53. The standard InChI is InChI=1S/C13H12F2O3/c14-13(15)5-9(6-13)10(16)3-8-1-2-11-12(4-8)18-7-17-11/h1-2,4,9H,3,5-7H2. The third-order valence-electron chi connectivity index (χ3n) is 3.36. The zero-order valence-corrected chi connectivity index (χ0v) is 9.62. The minimum absolute atomic E-state index is 0.125. The van der Waals surface area contributed by atoms with Crippen LogP contribution in [0.1, 0.15) is 18.4 Å². The summed E-state index contributed by atoms with van der Waals surface area (Å²) in [4.78, 5) is 11.8. The molecule has 1 fully saturated rings. The molecule has 18 heavy (non-hydrogen) atoms. The molecule has 96 valence electrons. The van der Waals surface area contributed by atoms with E-state index in [1.165, 1.54) is 0 Å². The number of benzene rings is 1. The Morgan fingerprint density at radius 3 is 2.72 bits per heavy atom. The molecule has 0 unspecified atom stereocenters. The predicted octanol–water partition coefficient (Wildman–Crippen LogP) is 2.57. The molecule has 1 aliphatic heterocycles. The van der Waals surface area contributed by atoms with Crippen LogP contribution < -0.4 is 9.47 Å². The number of fused-ring (bicyclic) bond motifs is 1. The molecule has 3 nitrogen and oxygen atoms in total. The minimum Gasteiger partial charge on any atom is -0.454 e. The van der Waals surface area contributed by atoms with Gasteiger partial charge in [-0.3, -0.25) is 4.79 Å². The number of ether oxygens (including phenoxy) is 2. The first kappa shape index (κ1) is 11.4. The van der Waals surface area contributed by atoms with E-state index in [-0.39, 0.29) is 31.8 Å². The van der Waals surface area contributed by atoms with Crippen molar-refractivity contribution in [3.63, 3.8) is 0 Å². The van der Waals surface area contributed by atoms with Gasteiger partial charge in [-0.2, -0.15) is 0 Å². The average Bonchev–Trinajstić information content (AvgIpc) is 2.72. The fourth-order valence-electron chi connectivity index (χ4n) is 2.29. The van der Waals surface area contributed by atoms with Crippen molar-refractivity contribution in [2.75, 3.05) is 6.79 Å². The Bertz CT molecular complexity index is 491. The van der Waals surface area contributed by atoms with Gasteiger partial charge < -0.3 is 9.47 Å². The molecule has 0 spiro atoms. The summed E-state index contributed by atoms with van der Waals surface area (Å²) in [5.74, 6) is -2.00. The summed E-state index contributed by atoms with van der Waals surface area (Å²) in [6.07, 6.45) is -0.440. The van der Waals surface area contributed by atoms with E-state index < -0.39 is 11.8 Å². The van der Waals surface area contributed by atoms with Crippen LogP contribution in [0.15, 0.2) is 18.2 Å². The molecular formula is C13H12F2O3. The summed E-state index contributed by atoms with van der Waals surface area (Å²) in [5, 5.41) is 0. The molecule has 0 N–H and O–H groups in total. The Morgan fingerprint density at radius 1 is 1.28 bits per heavy atom. The highest BCUT2D eigenvalue weighted by Gasteiger charge is 2.48. The Balaban J connectivity index is 1.65. The lowest BCUT2D eigenvalue weighted by molar-refractivity contribution is -0.147. The number of alkyl halides is 2. The molecule has 1 heterocycles. The van der Waals surface area contributed by atoms with Gasteiger partial charge in [-0.15, -0.1) is 0 Å².